The second-order valence-electron chi connectivity index (χ2n) is 6.20. The molecule has 0 aromatic rings. The molecule has 1 atom stereocenters. The molecule has 1 unspecified atom stereocenters. The molecule has 0 amide bonds. The van der Waals surface area contributed by atoms with Gasteiger partial charge in [0, 0.05) is 11.5 Å². The van der Waals surface area contributed by atoms with Crippen LogP contribution in [0.4, 0.5) is 0 Å². The summed E-state index contributed by atoms with van der Waals surface area (Å²) in [4.78, 5) is 10.9. The van der Waals surface area contributed by atoms with Crippen molar-refractivity contribution in [2.24, 2.45) is 0 Å². The number of thioether (sulfide) groups is 1. The van der Waals surface area contributed by atoms with E-state index in [2.05, 4.69) is 51.2 Å². The third-order valence-corrected chi connectivity index (χ3v) is 4.51. The SMILES string of the molecule is CC(C)=CCCC(C)=CCCC(C)=CCSCC(NC=N)C(=O)O. The van der Waals surface area contributed by atoms with E-state index in [4.69, 9.17) is 10.5 Å². The Morgan fingerprint density at radius 1 is 1.08 bits per heavy atom. The van der Waals surface area contributed by atoms with Gasteiger partial charge in [-0.2, -0.15) is 11.8 Å². The molecule has 4 nitrogen and oxygen atoms in total. The van der Waals surface area contributed by atoms with Crippen LogP contribution < -0.4 is 5.32 Å². The lowest BCUT2D eigenvalue weighted by Crippen LogP contribution is -2.37. The van der Waals surface area contributed by atoms with Crippen LogP contribution in [0, 0.1) is 5.41 Å². The number of allylic oxidation sites excluding steroid dienone is 5. The van der Waals surface area contributed by atoms with Crippen LogP contribution in [-0.2, 0) is 4.79 Å². The Kier molecular flexibility index (Phi) is 13.0. The van der Waals surface area contributed by atoms with Crippen molar-refractivity contribution in [2.75, 3.05) is 11.5 Å². The van der Waals surface area contributed by atoms with Crippen LogP contribution in [0.25, 0.3) is 0 Å². The first-order valence-corrected chi connectivity index (χ1v) is 9.52. The number of aliphatic carboxylic acids is 1. The van der Waals surface area contributed by atoms with E-state index in [0.29, 0.717) is 5.75 Å². The van der Waals surface area contributed by atoms with Gasteiger partial charge in [-0.15, -0.1) is 0 Å². The fraction of sp³-hybridized carbons (Fsp3) is 0.579. The summed E-state index contributed by atoms with van der Waals surface area (Å²) < 4.78 is 0. The predicted molar refractivity (Wildman–Crippen MR) is 106 cm³/mol. The minimum Gasteiger partial charge on any atom is -0.480 e. The van der Waals surface area contributed by atoms with Gasteiger partial charge < -0.3 is 10.4 Å². The van der Waals surface area contributed by atoms with Gasteiger partial charge in [0.1, 0.15) is 6.04 Å². The minimum absolute atomic E-state index is 0.456. The summed E-state index contributed by atoms with van der Waals surface area (Å²) in [5.74, 6) is 0.344. The van der Waals surface area contributed by atoms with Crippen LogP contribution in [0.1, 0.15) is 53.4 Å². The van der Waals surface area contributed by atoms with Crippen LogP contribution in [-0.4, -0.2) is 35.0 Å². The average Bonchev–Trinajstić information content (AvgIpc) is 2.49. The lowest BCUT2D eigenvalue weighted by Gasteiger charge is -2.10. The summed E-state index contributed by atoms with van der Waals surface area (Å²) in [6.45, 7) is 8.57. The lowest BCUT2D eigenvalue weighted by atomic mass is 10.1. The van der Waals surface area contributed by atoms with E-state index in [1.165, 1.54) is 16.7 Å². The molecule has 0 aliphatic rings. The van der Waals surface area contributed by atoms with E-state index >= 15 is 0 Å². The van der Waals surface area contributed by atoms with Crippen molar-refractivity contribution >= 4 is 24.1 Å². The molecule has 0 aromatic heterocycles. The topological polar surface area (TPSA) is 73.2 Å². The molecule has 0 spiro atoms. The fourth-order valence-electron chi connectivity index (χ4n) is 2.02. The molecule has 0 bridgehead atoms. The molecule has 0 aliphatic carbocycles. The first-order valence-electron chi connectivity index (χ1n) is 8.37. The number of carboxylic acid groups (broad SMARTS) is 1. The lowest BCUT2D eigenvalue weighted by molar-refractivity contribution is -0.138. The van der Waals surface area contributed by atoms with Crippen LogP contribution in [0.2, 0.25) is 0 Å². The van der Waals surface area contributed by atoms with E-state index in [1.807, 2.05) is 0 Å². The quantitative estimate of drug-likeness (QED) is 0.193. The van der Waals surface area contributed by atoms with Crippen LogP contribution in [0.5, 0.6) is 0 Å². The molecule has 0 aromatic carbocycles. The average molecular weight is 353 g/mol. The molecule has 0 rings (SSSR count). The summed E-state index contributed by atoms with van der Waals surface area (Å²) >= 11 is 1.57. The molecule has 0 fully saturated rings. The standard InChI is InChI=1S/C19H32N2O2S/c1-15(2)7-5-8-16(3)9-6-10-17(4)11-12-24-13-18(19(22)23)21-14-20/h7,9,11,14,18H,5-6,8,10,12-13H2,1-4H3,(H2,20,21)(H,22,23). The van der Waals surface area contributed by atoms with Crippen molar-refractivity contribution in [2.45, 2.75) is 59.4 Å². The first-order chi connectivity index (χ1) is 11.4. The first kappa shape index (κ1) is 22.5. The summed E-state index contributed by atoms with van der Waals surface area (Å²) in [5, 5.41) is 18.4. The van der Waals surface area contributed by atoms with Crippen molar-refractivity contribution in [3.8, 4) is 0 Å². The van der Waals surface area contributed by atoms with E-state index in [9.17, 15) is 4.79 Å². The van der Waals surface area contributed by atoms with E-state index in [0.717, 1.165) is 37.8 Å². The van der Waals surface area contributed by atoms with Gasteiger partial charge in [0.2, 0.25) is 0 Å². The third kappa shape index (κ3) is 13.0. The second kappa shape index (κ2) is 13.9. The molecule has 3 N–H and O–H groups in total. The molecule has 0 heterocycles. The number of carbonyl (C=O) groups is 1. The zero-order valence-electron chi connectivity index (χ0n) is 15.4. The Balaban J connectivity index is 4.00. The van der Waals surface area contributed by atoms with Gasteiger partial charge in [-0.25, -0.2) is 4.79 Å². The van der Waals surface area contributed by atoms with Gasteiger partial charge in [-0.1, -0.05) is 34.9 Å². The van der Waals surface area contributed by atoms with Gasteiger partial charge in [-0.3, -0.25) is 5.41 Å². The van der Waals surface area contributed by atoms with Gasteiger partial charge in [-0.05, 0) is 53.4 Å². The highest BCUT2D eigenvalue weighted by Gasteiger charge is 2.14. The molecule has 0 aliphatic heterocycles. The number of carboxylic acids is 1. The van der Waals surface area contributed by atoms with Crippen LogP contribution >= 0.6 is 11.8 Å². The van der Waals surface area contributed by atoms with Crippen molar-refractivity contribution in [1.29, 1.82) is 5.41 Å². The van der Waals surface area contributed by atoms with Crippen molar-refractivity contribution in [1.82, 2.24) is 5.32 Å². The maximum atomic E-state index is 10.9. The molecule has 136 valence electrons. The molecule has 24 heavy (non-hydrogen) atoms. The van der Waals surface area contributed by atoms with Crippen LogP contribution in [0.15, 0.2) is 34.9 Å². The molecule has 0 saturated carbocycles. The molecule has 0 saturated heterocycles. The van der Waals surface area contributed by atoms with Crippen molar-refractivity contribution in [3.05, 3.63) is 34.9 Å². The van der Waals surface area contributed by atoms with Gasteiger partial charge in [0.05, 0.1) is 6.34 Å². The Morgan fingerprint density at radius 3 is 2.21 bits per heavy atom. The number of hydrogen-bond donors (Lipinski definition) is 3. The van der Waals surface area contributed by atoms with Gasteiger partial charge in [0.15, 0.2) is 0 Å². The summed E-state index contributed by atoms with van der Waals surface area (Å²) in [7, 11) is 0. The Bertz CT molecular complexity index is 478. The maximum Gasteiger partial charge on any atom is 0.327 e. The Morgan fingerprint density at radius 2 is 1.67 bits per heavy atom. The summed E-state index contributed by atoms with van der Waals surface area (Å²) in [5.41, 5.74) is 4.15. The predicted octanol–water partition coefficient (Wildman–Crippen LogP) is 4.79. The second-order valence-corrected chi connectivity index (χ2v) is 7.27. The number of rotatable bonds is 13. The monoisotopic (exact) mass is 352 g/mol. The minimum atomic E-state index is -0.916. The highest BCUT2D eigenvalue weighted by Crippen LogP contribution is 2.12. The van der Waals surface area contributed by atoms with Crippen molar-refractivity contribution < 1.29 is 9.90 Å². The Hall–Kier alpha value is -1.49. The summed E-state index contributed by atoms with van der Waals surface area (Å²) in [6.07, 6.45) is 12.0. The number of nitrogens with one attached hydrogen (secondary N) is 2. The largest absolute Gasteiger partial charge is 0.480 e. The zero-order chi connectivity index (χ0) is 18.4. The summed E-state index contributed by atoms with van der Waals surface area (Å²) in [6, 6.07) is -0.687. The van der Waals surface area contributed by atoms with Gasteiger partial charge >= 0.3 is 5.97 Å². The zero-order valence-corrected chi connectivity index (χ0v) is 16.2. The maximum absolute atomic E-state index is 10.9. The third-order valence-electron chi connectivity index (χ3n) is 3.54. The Labute approximate surface area is 151 Å². The van der Waals surface area contributed by atoms with E-state index < -0.39 is 12.0 Å². The molecular formula is C19H32N2O2S. The molecule has 5 heteroatoms. The number of hydrogen-bond acceptors (Lipinski definition) is 3. The van der Waals surface area contributed by atoms with E-state index in [1.54, 1.807) is 11.8 Å². The fourth-order valence-corrected chi connectivity index (χ4v) is 3.03. The van der Waals surface area contributed by atoms with Crippen LogP contribution in [0.3, 0.4) is 0 Å². The smallest absolute Gasteiger partial charge is 0.327 e. The van der Waals surface area contributed by atoms with E-state index in [-0.39, 0.29) is 0 Å². The normalized spacial score (nSPS) is 13.3. The highest BCUT2D eigenvalue weighted by atomic mass is 32.2. The van der Waals surface area contributed by atoms with Gasteiger partial charge in [0.25, 0.3) is 0 Å². The molecular weight excluding hydrogens is 320 g/mol. The molecule has 0 radical (unpaired) electrons. The highest BCUT2D eigenvalue weighted by molar-refractivity contribution is 7.99. The van der Waals surface area contributed by atoms with Crippen molar-refractivity contribution in [3.63, 3.8) is 0 Å².